The molecule has 2 nitrogen and oxygen atoms in total. The van der Waals surface area contributed by atoms with Crippen molar-refractivity contribution in [3.8, 4) is 0 Å². The van der Waals surface area contributed by atoms with Gasteiger partial charge < -0.3 is 9.73 Å². The molecule has 2 aromatic rings. The Bertz CT molecular complexity index is 509. The normalized spacial score (nSPS) is 17.0. The zero-order valence-electron chi connectivity index (χ0n) is 10.3. The maximum atomic E-state index is 5.85. The summed E-state index contributed by atoms with van der Waals surface area (Å²) in [4.78, 5) is 0. The first-order chi connectivity index (χ1) is 8.33. The second-order valence-corrected chi connectivity index (χ2v) is 5.06. The monoisotopic (exact) mass is 229 g/mol. The van der Waals surface area contributed by atoms with Gasteiger partial charge in [0.2, 0.25) is 0 Å². The molecule has 1 aromatic heterocycles. The maximum absolute atomic E-state index is 5.85. The van der Waals surface area contributed by atoms with Crippen LogP contribution in [0.1, 0.15) is 37.0 Å². The molecule has 0 spiro atoms. The summed E-state index contributed by atoms with van der Waals surface area (Å²) in [5.74, 6) is 1.06. The lowest BCUT2D eigenvalue weighted by Crippen LogP contribution is -2.24. The third-order valence-electron chi connectivity index (χ3n) is 3.75. The summed E-state index contributed by atoms with van der Waals surface area (Å²) in [5, 5.41) is 4.83. The largest absolute Gasteiger partial charge is 0.460 e. The van der Waals surface area contributed by atoms with E-state index in [9.17, 15) is 0 Å². The van der Waals surface area contributed by atoms with Crippen molar-refractivity contribution in [3.63, 3.8) is 0 Å². The van der Waals surface area contributed by atoms with Gasteiger partial charge in [-0.15, -0.1) is 0 Å². The number of fused-ring (bicyclic) bond motifs is 1. The lowest BCUT2D eigenvalue weighted by Gasteiger charge is -2.09. The third kappa shape index (κ3) is 2.22. The minimum atomic E-state index is 0.698. The smallest absolute Gasteiger partial charge is 0.134 e. The van der Waals surface area contributed by atoms with Gasteiger partial charge >= 0.3 is 0 Å². The van der Waals surface area contributed by atoms with Gasteiger partial charge in [0, 0.05) is 11.4 Å². The van der Waals surface area contributed by atoms with E-state index in [0.29, 0.717) is 6.04 Å². The average molecular weight is 229 g/mol. The highest BCUT2D eigenvalue weighted by Gasteiger charge is 2.14. The molecule has 0 radical (unpaired) electrons. The van der Waals surface area contributed by atoms with Gasteiger partial charge in [0.1, 0.15) is 11.3 Å². The Morgan fingerprint density at radius 2 is 2.12 bits per heavy atom. The van der Waals surface area contributed by atoms with Gasteiger partial charge in [-0.3, -0.25) is 0 Å². The third-order valence-corrected chi connectivity index (χ3v) is 3.75. The van der Waals surface area contributed by atoms with Crippen molar-refractivity contribution in [1.82, 2.24) is 5.32 Å². The van der Waals surface area contributed by atoms with E-state index in [-0.39, 0.29) is 0 Å². The molecule has 1 saturated carbocycles. The van der Waals surface area contributed by atoms with Crippen LogP contribution in [0, 0.1) is 6.92 Å². The van der Waals surface area contributed by atoms with Gasteiger partial charge in [-0.25, -0.2) is 0 Å². The van der Waals surface area contributed by atoms with Crippen LogP contribution >= 0.6 is 0 Å². The van der Waals surface area contributed by atoms with Gasteiger partial charge in [-0.1, -0.05) is 25.0 Å². The van der Waals surface area contributed by atoms with E-state index >= 15 is 0 Å². The Morgan fingerprint density at radius 3 is 2.88 bits per heavy atom. The number of nitrogens with one attached hydrogen (secondary N) is 1. The quantitative estimate of drug-likeness (QED) is 0.866. The molecule has 1 N–H and O–H groups in total. The summed E-state index contributed by atoms with van der Waals surface area (Å²) in [6.45, 7) is 2.99. The Balaban J connectivity index is 1.74. The van der Waals surface area contributed by atoms with Crippen molar-refractivity contribution >= 4 is 11.0 Å². The zero-order valence-corrected chi connectivity index (χ0v) is 10.3. The van der Waals surface area contributed by atoms with Gasteiger partial charge in [-0.05, 0) is 37.5 Å². The molecule has 0 unspecified atom stereocenters. The first-order valence-corrected chi connectivity index (χ1v) is 6.54. The van der Waals surface area contributed by atoms with Crippen LogP contribution in [-0.4, -0.2) is 6.04 Å². The molecule has 0 atom stereocenters. The number of benzene rings is 1. The minimum Gasteiger partial charge on any atom is -0.460 e. The fraction of sp³-hybridized carbons (Fsp3) is 0.467. The number of rotatable bonds is 3. The summed E-state index contributed by atoms with van der Waals surface area (Å²) < 4.78 is 5.85. The molecule has 90 valence electrons. The summed E-state index contributed by atoms with van der Waals surface area (Å²) >= 11 is 0. The van der Waals surface area contributed by atoms with E-state index in [0.717, 1.165) is 17.9 Å². The Kier molecular flexibility index (Phi) is 2.89. The minimum absolute atomic E-state index is 0.698. The van der Waals surface area contributed by atoms with Crippen molar-refractivity contribution in [3.05, 3.63) is 35.6 Å². The molecule has 1 heterocycles. The molecule has 0 aliphatic heterocycles. The molecule has 0 bridgehead atoms. The van der Waals surface area contributed by atoms with Crippen LogP contribution in [0.15, 0.2) is 28.7 Å². The topological polar surface area (TPSA) is 25.2 Å². The van der Waals surface area contributed by atoms with Crippen molar-refractivity contribution in [2.24, 2.45) is 0 Å². The first-order valence-electron chi connectivity index (χ1n) is 6.54. The summed E-state index contributed by atoms with van der Waals surface area (Å²) in [7, 11) is 0. The lowest BCUT2D eigenvalue weighted by atomic mass is 10.1. The Labute approximate surface area is 102 Å². The molecule has 1 aromatic carbocycles. The highest BCUT2D eigenvalue weighted by molar-refractivity contribution is 5.81. The predicted molar refractivity (Wildman–Crippen MR) is 70.0 cm³/mol. The highest BCUT2D eigenvalue weighted by Crippen LogP contribution is 2.23. The average Bonchev–Trinajstić information content (AvgIpc) is 2.95. The van der Waals surface area contributed by atoms with Crippen molar-refractivity contribution in [2.45, 2.75) is 45.2 Å². The lowest BCUT2D eigenvalue weighted by molar-refractivity contribution is 0.462. The molecule has 0 amide bonds. The molecule has 3 rings (SSSR count). The summed E-state index contributed by atoms with van der Waals surface area (Å²) in [5.41, 5.74) is 2.30. The fourth-order valence-corrected chi connectivity index (χ4v) is 2.72. The van der Waals surface area contributed by atoms with E-state index in [4.69, 9.17) is 4.42 Å². The first kappa shape index (κ1) is 10.8. The van der Waals surface area contributed by atoms with Crippen molar-refractivity contribution < 1.29 is 4.42 Å². The van der Waals surface area contributed by atoms with Crippen LogP contribution in [0.3, 0.4) is 0 Å². The molecule has 17 heavy (non-hydrogen) atoms. The predicted octanol–water partition coefficient (Wildman–Crippen LogP) is 3.77. The maximum Gasteiger partial charge on any atom is 0.134 e. The van der Waals surface area contributed by atoms with Crippen LogP contribution in [-0.2, 0) is 6.54 Å². The van der Waals surface area contributed by atoms with Crippen LogP contribution in [0.4, 0.5) is 0 Å². The molecule has 1 aliphatic carbocycles. The van der Waals surface area contributed by atoms with E-state index in [2.05, 4.69) is 30.4 Å². The van der Waals surface area contributed by atoms with E-state index in [1.165, 1.54) is 36.6 Å². The highest BCUT2D eigenvalue weighted by atomic mass is 16.3. The molecule has 1 aliphatic rings. The van der Waals surface area contributed by atoms with Crippen LogP contribution < -0.4 is 5.32 Å². The van der Waals surface area contributed by atoms with Gasteiger partial charge in [0.05, 0.1) is 6.54 Å². The van der Waals surface area contributed by atoms with Gasteiger partial charge in [-0.2, -0.15) is 0 Å². The van der Waals surface area contributed by atoms with Crippen LogP contribution in [0.2, 0.25) is 0 Å². The molecular weight excluding hydrogens is 210 g/mol. The summed E-state index contributed by atoms with van der Waals surface area (Å²) in [6.07, 6.45) is 5.38. The fourth-order valence-electron chi connectivity index (χ4n) is 2.72. The van der Waals surface area contributed by atoms with Crippen molar-refractivity contribution in [1.29, 1.82) is 0 Å². The molecule has 0 saturated heterocycles. The van der Waals surface area contributed by atoms with Gasteiger partial charge in [0.25, 0.3) is 0 Å². The number of aryl methyl sites for hydroxylation is 1. The van der Waals surface area contributed by atoms with Gasteiger partial charge in [0.15, 0.2) is 0 Å². The second-order valence-electron chi connectivity index (χ2n) is 5.06. The second kappa shape index (κ2) is 4.53. The van der Waals surface area contributed by atoms with Crippen molar-refractivity contribution in [2.75, 3.05) is 0 Å². The SMILES string of the molecule is Cc1cccc2oc(CNC3CCCC3)cc12. The van der Waals surface area contributed by atoms with E-state index in [1.54, 1.807) is 0 Å². The number of furan rings is 1. The van der Waals surface area contributed by atoms with E-state index in [1.807, 2.05) is 6.07 Å². The van der Waals surface area contributed by atoms with E-state index < -0.39 is 0 Å². The number of hydrogen-bond acceptors (Lipinski definition) is 2. The zero-order chi connectivity index (χ0) is 11.7. The number of hydrogen-bond donors (Lipinski definition) is 1. The molecule has 2 heteroatoms. The van der Waals surface area contributed by atoms with Crippen LogP contribution in [0.25, 0.3) is 11.0 Å². The summed E-state index contributed by atoms with van der Waals surface area (Å²) in [6, 6.07) is 9.10. The Morgan fingerprint density at radius 1 is 1.29 bits per heavy atom. The molecule has 1 fully saturated rings. The molecular formula is C15H19NO. The Hall–Kier alpha value is -1.28. The van der Waals surface area contributed by atoms with Crippen LogP contribution in [0.5, 0.6) is 0 Å². The standard InChI is InChI=1S/C15H19NO/c1-11-5-4-8-15-14(11)9-13(17-15)10-16-12-6-2-3-7-12/h4-5,8-9,12,16H,2-3,6-7,10H2,1H3.